The van der Waals surface area contributed by atoms with Gasteiger partial charge in [0.15, 0.2) is 11.0 Å². The Hall–Kier alpha value is -2.06. The predicted octanol–water partition coefficient (Wildman–Crippen LogP) is 2.50. The lowest BCUT2D eigenvalue weighted by Crippen LogP contribution is -2.35. The third kappa shape index (κ3) is 4.02. The van der Waals surface area contributed by atoms with E-state index < -0.39 is 17.3 Å². The van der Waals surface area contributed by atoms with E-state index in [0.717, 1.165) is 5.56 Å². The number of aromatic nitrogens is 3. The van der Waals surface area contributed by atoms with Gasteiger partial charge in [0.25, 0.3) is 0 Å². The zero-order chi connectivity index (χ0) is 17.0. The Morgan fingerprint density at radius 3 is 2.70 bits per heavy atom. The van der Waals surface area contributed by atoms with Crippen LogP contribution in [0.2, 0.25) is 5.02 Å². The minimum absolute atomic E-state index is 0.468. The summed E-state index contributed by atoms with van der Waals surface area (Å²) in [4.78, 5) is 22.9. The quantitative estimate of drug-likeness (QED) is 0.849. The van der Waals surface area contributed by atoms with Crippen molar-refractivity contribution in [2.24, 2.45) is 7.05 Å². The average molecular weight is 355 g/mol. The van der Waals surface area contributed by atoms with E-state index in [-0.39, 0.29) is 0 Å². The second kappa shape index (κ2) is 7.47. The lowest BCUT2D eigenvalue weighted by atomic mass is 10.2. The van der Waals surface area contributed by atoms with Crippen molar-refractivity contribution in [2.75, 3.05) is 7.11 Å². The molecule has 0 fully saturated rings. The number of halogens is 1. The molecule has 0 saturated carbocycles. The number of alkyl carbamates (subject to hydrolysis) is 1. The number of carbonyl (C=O) groups excluding carboxylic acids is 2. The fraction of sp³-hybridized carbons (Fsp3) is 0.286. The molecule has 0 spiro atoms. The Kier molecular flexibility index (Phi) is 5.62. The first kappa shape index (κ1) is 17.3. The first-order chi connectivity index (χ1) is 10.9. The molecule has 1 aromatic carbocycles. The van der Waals surface area contributed by atoms with E-state index in [0.29, 0.717) is 16.0 Å². The molecule has 0 saturated heterocycles. The van der Waals surface area contributed by atoms with Gasteiger partial charge in [-0.05, 0) is 19.1 Å². The van der Waals surface area contributed by atoms with Gasteiger partial charge in [-0.1, -0.05) is 35.5 Å². The number of hydrogen-bond donors (Lipinski definition) is 1. The van der Waals surface area contributed by atoms with Gasteiger partial charge in [-0.3, -0.25) is 10.1 Å². The summed E-state index contributed by atoms with van der Waals surface area (Å²) >= 11 is 7.34. The van der Waals surface area contributed by atoms with Crippen molar-refractivity contribution in [3.05, 3.63) is 29.3 Å². The van der Waals surface area contributed by atoms with Crippen LogP contribution in [0.5, 0.6) is 0 Å². The molecule has 2 amide bonds. The molecular formula is C14H15ClN4O3S. The van der Waals surface area contributed by atoms with Gasteiger partial charge in [0.2, 0.25) is 5.91 Å². The highest BCUT2D eigenvalue weighted by Crippen LogP contribution is 2.29. The van der Waals surface area contributed by atoms with Gasteiger partial charge < -0.3 is 9.30 Å². The molecule has 0 aliphatic carbocycles. The van der Waals surface area contributed by atoms with Gasteiger partial charge in [-0.15, -0.1) is 10.2 Å². The molecule has 0 radical (unpaired) electrons. The Labute approximate surface area is 142 Å². The van der Waals surface area contributed by atoms with Crippen molar-refractivity contribution in [1.29, 1.82) is 0 Å². The molecule has 1 heterocycles. The van der Waals surface area contributed by atoms with Crippen molar-refractivity contribution in [3.63, 3.8) is 0 Å². The smallest absolute Gasteiger partial charge is 0.413 e. The maximum Gasteiger partial charge on any atom is 0.413 e. The summed E-state index contributed by atoms with van der Waals surface area (Å²) in [7, 11) is 2.98. The maximum absolute atomic E-state index is 11.8. The number of hydrogen-bond acceptors (Lipinski definition) is 6. The molecule has 1 atom stereocenters. The van der Waals surface area contributed by atoms with Crippen LogP contribution in [0.4, 0.5) is 4.79 Å². The largest absolute Gasteiger partial charge is 0.453 e. The summed E-state index contributed by atoms with van der Waals surface area (Å²) in [5.41, 5.74) is 0.752. The van der Waals surface area contributed by atoms with Crippen LogP contribution in [0.25, 0.3) is 11.4 Å². The van der Waals surface area contributed by atoms with E-state index in [1.165, 1.54) is 18.9 Å². The van der Waals surface area contributed by atoms with E-state index >= 15 is 0 Å². The van der Waals surface area contributed by atoms with Crippen LogP contribution in [0, 0.1) is 0 Å². The van der Waals surface area contributed by atoms with E-state index in [9.17, 15) is 9.59 Å². The van der Waals surface area contributed by atoms with Crippen LogP contribution in [0.1, 0.15) is 6.92 Å². The second-order valence-electron chi connectivity index (χ2n) is 4.59. The number of thioether (sulfide) groups is 1. The zero-order valence-corrected chi connectivity index (χ0v) is 14.3. The van der Waals surface area contributed by atoms with Gasteiger partial charge in [-0.2, -0.15) is 0 Å². The Morgan fingerprint density at radius 2 is 2.04 bits per heavy atom. The summed E-state index contributed by atoms with van der Waals surface area (Å²) in [6.45, 7) is 1.66. The molecule has 7 nitrogen and oxygen atoms in total. The summed E-state index contributed by atoms with van der Waals surface area (Å²) < 4.78 is 6.14. The minimum Gasteiger partial charge on any atom is -0.453 e. The van der Waals surface area contributed by atoms with Crippen LogP contribution in [-0.2, 0) is 16.6 Å². The third-order valence-electron chi connectivity index (χ3n) is 3.01. The fourth-order valence-corrected chi connectivity index (χ4v) is 2.79. The van der Waals surface area contributed by atoms with Gasteiger partial charge in [-0.25, -0.2) is 4.79 Å². The van der Waals surface area contributed by atoms with Crippen molar-refractivity contribution in [2.45, 2.75) is 17.3 Å². The first-order valence-corrected chi connectivity index (χ1v) is 7.89. The van der Waals surface area contributed by atoms with E-state index in [2.05, 4.69) is 20.3 Å². The summed E-state index contributed by atoms with van der Waals surface area (Å²) in [6.07, 6.45) is -0.794. The van der Waals surface area contributed by atoms with Gasteiger partial charge in [0.1, 0.15) is 0 Å². The average Bonchev–Trinajstić information content (AvgIpc) is 2.88. The molecule has 1 N–H and O–H groups in total. The Morgan fingerprint density at radius 1 is 1.35 bits per heavy atom. The topological polar surface area (TPSA) is 86.1 Å². The van der Waals surface area contributed by atoms with Gasteiger partial charge >= 0.3 is 6.09 Å². The molecule has 23 heavy (non-hydrogen) atoms. The zero-order valence-electron chi connectivity index (χ0n) is 12.7. The highest BCUT2D eigenvalue weighted by Gasteiger charge is 2.21. The molecule has 9 heteroatoms. The fourth-order valence-electron chi connectivity index (χ4n) is 1.76. The van der Waals surface area contributed by atoms with Crippen LogP contribution in [-0.4, -0.2) is 39.1 Å². The normalized spacial score (nSPS) is 11.8. The standard InChI is InChI=1S/C14H15ClN4O3S/c1-8(12(20)16-14(21)22-3)23-13-18-17-11(19(13)2)9-6-4-5-7-10(9)15/h4-8H,1-3H3,(H,16,20,21)/t8-/m0/s1. The van der Waals surface area contributed by atoms with Crippen molar-refractivity contribution >= 4 is 35.4 Å². The van der Waals surface area contributed by atoms with Gasteiger partial charge in [0, 0.05) is 12.6 Å². The lowest BCUT2D eigenvalue weighted by Gasteiger charge is -2.10. The number of amides is 2. The minimum atomic E-state index is -0.794. The number of methoxy groups -OCH3 is 1. The number of nitrogens with one attached hydrogen (secondary N) is 1. The molecule has 0 aliphatic rings. The molecule has 0 aliphatic heterocycles. The highest BCUT2D eigenvalue weighted by atomic mass is 35.5. The van der Waals surface area contributed by atoms with Crippen molar-refractivity contribution in [3.8, 4) is 11.4 Å². The summed E-state index contributed by atoms with van der Waals surface area (Å²) in [6, 6.07) is 7.30. The van der Waals surface area contributed by atoms with Gasteiger partial charge in [0.05, 0.1) is 17.4 Å². The molecule has 2 aromatic rings. The van der Waals surface area contributed by atoms with E-state index in [4.69, 9.17) is 11.6 Å². The van der Waals surface area contributed by atoms with Crippen LogP contribution in [0.15, 0.2) is 29.4 Å². The maximum atomic E-state index is 11.8. The molecule has 122 valence electrons. The number of nitrogens with zero attached hydrogens (tertiary/aromatic N) is 3. The molecule has 1 aromatic heterocycles. The predicted molar refractivity (Wildman–Crippen MR) is 87.3 cm³/mol. The molecule has 2 rings (SSSR count). The van der Waals surface area contributed by atoms with Crippen LogP contribution < -0.4 is 5.32 Å². The summed E-state index contributed by atoms with van der Waals surface area (Å²) in [5, 5.41) is 10.9. The Balaban J connectivity index is 2.15. The molecule has 0 unspecified atom stereocenters. The van der Waals surface area contributed by atoms with Crippen LogP contribution >= 0.6 is 23.4 Å². The molecule has 0 bridgehead atoms. The Bertz CT molecular complexity index is 735. The van der Waals surface area contributed by atoms with Crippen molar-refractivity contribution < 1.29 is 14.3 Å². The monoisotopic (exact) mass is 354 g/mol. The third-order valence-corrected chi connectivity index (χ3v) is 4.48. The van der Waals surface area contributed by atoms with E-state index in [1.54, 1.807) is 24.6 Å². The lowest BCUT2D eigenvalue weighted by molar-refractivity contribution is -0.119. The number of rotatable bonds is 4. The summed E-state index contributed by atoms with van der Waals surface area (Å²) in [5.74, 6) is 0.128. The molecular weight excluding hydrogens is 340 g/mol. The highest BCUT2D eigenvalue weighted by molar-refractivity contribution is 8.00. The number of carbonyl (C=O) groups is 2. The first-order valence-electron chi connectivity index (χ1n) is 6.63. The number of ether oxygens (including phenoxy) is 1. The number of benzene rings is 1. The van der Waals surface area contributed by atoms with Crippen LogP contribution in [0.3, 0.4) is 0 Å². The van der Waals surface area contributed by atoms with Crippen molar-refractivity contribution in [1.82, 2.24) is 20.1 Å². The second-order valence-corrected chi connectivity index (χ2v) is 6.30. The number of imide groups is 1. The SMILES string of the molecule is COC(=O)NC(=O)[C@H](C)Sc1nnc(-c2ccccc2Cl)n1C. The van der Waals surface area contributed by atoms with E-state index in [1.807, 2.05) is 18.2 Å².